The molecule has 0 aliphatic rings. The molecule has 0 bridgehead atoms. The normalized spacial score (nSPS) is 10.0. The quantitative estimate of drug-likeness (QED) is 0.736. The van der Waals surface area contributed by atoms with Crippen molar-refractivity contribution in [2.75, 3.05) is 30.9 Å². The van der Waals surface area contributed by atoms with Gasteiger partial charge in [-0.3, -0.25) is 4.79 Å². The SMILES string of the molecule is CCOC(=O)c1ccc(NC(=O)CNc2cc(Cl)ccc2OC)cc1. The Morgan fingerprint density at radius 3 is 2.48 bits per heavy atom. The van der Waals surface area contributed by atoms with E-state index >= 15 is 0 Å². The summed E-state index contributed by atoms with van der Waals surface area (Å²) in [6.07, 6.45) is 0. The van der Waals surface area contributed by atoms with Crippen molar-refractivity contribution in [3.63, 3.8) is 0 Å². The highest BCUT2D eigenvalue weighted by atomic mass is 35.5. The molecular weight excluding hydrogens is 344 g/mol. The average Bonchev–Trinajstić information content (AvgIpc) is 2.61. The molecule has 0 radical (unpaired) electrons. The smallest absolute Gasteiger partial charge is 0.338 e. The standard InChI is InChI=1S/C18H19ClN2O4/c1-3-25-18(23)12-4-7-14(8-5-12)21-17(22)11-20-15-10-13(19)6-9-16(15)24-2/h4-10,20H,3,11H2,1-2H3,(H,21,22). The number of hydrogen-bond acceptors (Lipinski definition) is 5. The summed E-state index contributed by atoms with van der Waals surface area (Å²) in [6, 6.07) is 11.6. The highest BCUT2D eigenvalue weighted by Gasteiger charge is 2.09. The first kappa shape index (κ1) is 18.6. The molecule has 2 N–H and O–H groups in total. The lowest BCUT2D eigenvalue weighted by molar-refractivity contribution is -0.114. The van der Waals surface area contributed by atoms with Crippen LogP contribution in [0.15, 0.2) is 42.5 Å². The van der Waals surface area contributed by atoms with E-state index in [4.69, 9.17) is 21.1 Å². The molecule has 132 valence electrons. The van der Waals surface area contributed by atoms with Crippen molar-refractivity contribution in [1.82, 2.24) is 0 Å². The Morgan fingerprint density at radius 2 is 1.84 bits per heavy atom. The van der Waals surface area contributed by atoms with E-state index in [0.717, 1.165) is 0 Å². The predicted molar refractivity (Wildman–Crippen MR) is 97.5 cm³/mol. The lowest BCUT2D eigenvalue weighted by atomic mass is 10.2. The Balaban J connectivity index is 1.92. The zero-order valence-corrected chi connectivity index (χ0v) is 14.7. The molecule has 0 saturated carbocycles. The summed E-state index contributed by atoms with van der Waals surface area (Å²) in [7, 11) is 1.54. The van der Waals surface area contributed by atoms with Gasteiger partial charge in [-0.25, -0.2) is 4.79 Å². The van der Waals surface area contributed by atoms with Gasteiger partial charge in [-0.15, -0.1) is 0 Å². The molecule has 2 aromatic carbocycles. The summed E-state index contributed by atoms with van der Waals surface area (Å²) >= 11 is 5.95. The van der Waals surface area contributed by atoms with E-state index in [1.54, 1.807) is 56.5 Å². The monoisotopic (exact) mass is 362 g/mol. The van der Waals surface area contributed by atoms with E-state index in [1.807, 2.05) is 0 Å². The van der Waals surface area contributed by atoms with Gasteiger partial charge >= 0.3 is 5.97 Å². The van der Waals surface area contributed by atoms with Crippen molar-refractivity contribution in [2.24, 2.45) is 0 Å². The van der Waals surface area contributed by atoms with E-state index < -0.39 is 5.97 Å². The van der Waals surface area contributed by atoms with Crippen LogP contribution in [0.4, 0.5) is 11.4 Å². The highest BCUT2D eigenvalue weighted by Crippen LogP contribution is 2.27. The second kappa shape index (κ2) is 8.94. The van der Waals surface area contributed by atoms with Crippen LogP contribution in [0.2, 0.25) is 5.02 Å². The number of hydrogen-bond donors (Lipinski definition) is 2. The molecule has 0 saturated heterocycles. The summed E-state index contributed by atoms with van der Waals surface area (Å²) in [5.74, 6) is -0.0444. The third-order valence-corrected chi connectivity index (χ3v) is 3.52. The first-order valence-corrected chi connectivity index (χ1v) is 8.05. The average molecular weight is 363 g/mol. The van der Waals surface area contributed by atoms with Crippen molar-refractivity contribution in [3.8, 4) is 5.75 Å². The van der Waals surface area contributed by atoms with Gasteiger partial charge in [0.05, 0.1) is 31.5 Å². The number of rotatable bonds is 7. The zero-order valence-electron chi connectivity index (χ0n) is 14.0. The second-order valence-corrected chi connectivity index (χ2v) is 5.48. The highest BCUT2D eigenvalue weighted by molar-refractivity contribution is 6.30. The van der Waals surface area contributed by atoms with Gasteiger partial charge in [-0.1, -0.05) is 11.6 Å². The Labute approximate surface area is 151 Å². The minimum absolute atomic E-state index is 0.0380. The summed E-state index contributed by atoms with van der Waals surface area (Å²) in [5.41, 5.74) is 1.64. The second-order valence-electron chi connectivity index (χ2n) is 5.04. The number of carbonyl (C=O) groups excluding carboxylic acids is 2. The summed E-state index contributed by atoms with van der Waals surface area (Å²) < 4.78 is 10.1. The minimum Gasteiger partial charge on any atom is -0.495 e. The van der Waals surface area contributed by atoms with Crippen LogP contribution >= 0.6 is 11.6 Å². The Hall–Kier alpha value is -2.73. The molecule has 0 fully saturated rings. The summed E-state index contributed by atoms with van der Waals surface area (Å²) in [4.78, 5) is 23.6. The minimum atomic E-state index is -0.393. The van der Waals surface area contributed by atoms with Crippen molar-refractivity contribution >= 4 is 34.9 Å². The number of ether oxygens (including phenoxy) is 2. The third-order valence-electron chi connectivity index (χ3n) is 3.28. The lowest BCUT2D eigenvalue weighted by Crippen LogP contribution is -2.22. The van der Waals surface area contributed by atoms with E-state index in [0.29, 0.717) is 34.3 Å². The molecule has 1 amide bonds. The van der Waals surface area contributed by atoms with Crippen LogP contribution in [-0.4, -0.2) is 32.1 Å². The molecule has 0 unspecified atom stereocenters. The van der Waals surface area contributed by atoms with Gasteiger partial charge in [0.25, 0.3) is 0 Å². The van der Waals surface area contributed by atoms with Crippen LogP contribution in [0.3, 0.4) is 0 Å². The van der Waals surface area contributed by atoms with Crippen molar-refractivity contribution in [2.45, 2.75) is 6.92 Å². The van der Waals surface area contributed by atoms with E-state index in [1.165, 1.54) is 0 Å². The van der Waals surface area contributed by atoms with Crippen molar-refractivity contribution < 1.29 is 19.1 Å². The first-order chi connectivity index (χ1) is 12.0. The zero-order chi connectivity index (χ0) is 18.2. The van der Waals surface area contributed by atoms with Gasteiger partial charge in [0, 0.05) is 10.7 Å². The molecule has 2 rings (SSSR count). The molecule has 0 aliphatic carbocycles. The van der Waals surface area contributed by atoms with Gasteiger partial charge in [0.2, 0.25) is 5.91 Å². The Morgan fingerprint density at radius 1 is 1.12 bits per heavy atom. The van der Waals surface area contributed by atoms with Gasteiger partial charge in [-0.2, -0.15) is 0 Å². The van der Waals surface area contributed by atoms with Crippen LogP contribution in [0.5, 0.6) is 5.75 Å². The predicted octanol–water partition coefficient (Wildman–Crippen LogP) is 3.58. The molecule has 0 heterocycles. The fourth-order valence-electron chi connectivity index (χ4n) is 2.10. The van der Waals surface area contributed by atoms with Crippen LogP contribution in [0.1, 0.15) is 17.3 Å². The maximum absolute atomic E-state index is 12.1. The maximum atomic E-state index is 12.1. The first-order valence-electron chi connectivity index (χ1n) is 7.68. The Kier molecular flexibility index (Phi) is 6.65. The number of carbonyl (C=O) groups is 2. The number of amides is 1. The molecule has 0 aromatic heterocycles. The van der Waals surface area contributed by atoms with Crippen molar-refractivity contribution in [1.29, 1.82) is 0 Å². The molecule has 0 spiro atoms. The molecule has 7 heteroatoms. The van der Waals surface area contributed by atoms with Crippen LogP contribution < -0.4 is 15.4 Å². The van der Waals surface area contributed by atoms with Gasteiger partial charge in [-0.05, 0) is 49.4 Å². The van der Waals surface area contributed by atoms with E-state index in [9.17, 15) is 9.59 Å². The molecule has 0 atom stereocenters. The summed E-state index contributed by atoms with van der Waals surface area (Å²) in [5, 5.41) is 6.25. The number of methoxy groups -OCH3 is 1. The largest absolute Gasteiger partial charge is 0.495 e. The number of esters is 1. The van der Waals surface area contributed by atoms with Crippen LogP contribution in [-0.2, 0) is 9.53 Å². The van der Waals surface area contributed by atoms with Crippen LogP contribution in [0, 0.1) is 0 Å². The topological polar surface area (TPSA) is 76.7 Å². The molecule has 2 aromatic rings. The third kappa shape index (κ3) is 5.39. The molecule has 0 aliphatic heterocycles. The molecule has 25 heavy (non-hydrogen) atoms. The summed E-state index contributed by atoms with van der Waals surface area (Å²) in [6.45, 7) is 2.10. The number of nitrogens with one attached hydrogen (secondary N) is 2. The van der Waals surface area contributed by atoms with Gasteiger partial charge in [0.15, 0.2) is 0 Å². The molecular formula is C18H19ClN2O4. The van der Waals surface area contributed by atoms with E-state index in [2.05, 4.69) is 10.6 Å². The fraction of sp³-hybridized carbons (Fsp3) is 0.222. The van der Waals surface area contributed by atoms with Gasteiger partial charge in [0.1, 0.15) is 5.75 Å². The fourth-order valence-corrected chi connectivity index (χ4v) is 2.28. The van der Waals surface area contributed by atoms with Crippen LogP contribution in [0.25, 0.3) is 0 Å². The molecule has 6 nitrogen and oxygen atoms in total. The number of anilines is 2. The van der Waals surface area contributed by atoms with Gasteiger partial charge < -0.3 is 20.1 Å². The number of halogens is 1. The van der Waals surface area contributed by atoms with E-state index in [-0.39, 0.29) is 12.5 Å². The van der Waals surface area contributed by atoms with Crippen molar-refractivity contribution in [3.05, 3.63) is 53.1 Å². The Bertz CT molecular complexity index is 747. The maximum Gasteiger partial charge on any atom is 0.338 e. The number of benzene rings is 2. The lowest BCUT2D eigenvalue weighted by Gasteiger charge is -2.12.